The Labute approximate surface area is 175 Å². The van der Waals surface area contributed by atoms with E-state index >= 15 is 0 Å². The van der Waals surface area contributed by atoms with Crippen molar-refractivity contribution >= 4 is 0 Å². The highest BCUT2D eigenvalue weighted by Gasteiger charge is 2.20. The van der Waals surface area contributed by atoms with Gasteiger partial charge in [-0.15, -0.1) is 0 Å². The summed E-state index contributed by atoms with van der Waals surface area (Å²) in [6, 6.07) is 6.01. The molecule has 1 saturated heterocycles. The molecule has 3 N–H and O–H groups in total. The Kier molecular flexibility index (Phi) is 9.05. The molecule has 0 radical (unpaired) electrons. The molecule has 6 heteroatoms. The van der Waals surface area contributed by atoms with Crippen molar-refractivity contribution < 1.29 is 19.7 Å². The van der Waals surface area contributed by atoms with E-state index in [9.17, 15) is 10.2 Å². The number of ether oxygens (including phenoxy) is 2. The lowest BCUT2D eigenvalue weighted by Gasteiger charge is -2.30. The number of hydrogen-bond donors (Lipinski definition) is 3. The molecule has 6 nitrogen and oxygen atoms in total. The Bertz CT molecular complexity index is 599. The normalized spacial score (nSPS) is 20.5. The molecular weight excluding hydrogens is 368 g/mol. The van der Waals surface area contributed by atoms with E-state index in [1.165, 1.54) is 37.7 Å². The van der Waals surface area contributed by atoms with Gasteiger partial charge in [0.25, 0.3) is 0 Å². The van der Waals surface area contributed by atoms with Gasteiger partial charge in [-0.05, 0) is 55.8 Å². The van der Waals surface area contributed by atoms with E-state index in [2.05, 4.69) is 16.3 Å². The van der Waals surface area contributed by atoms with Crippen LogP contribution in [0.1, 0.15) is 50.5 Å². The molecule has 1 aliphatic heterocycles. The van der Waals surface area contributed by atoms with E-state index in [0.717, 1.165) is 44.9 Å². The molecule has 0 aromatic heterocycles. The van der Waals surface area contributed by atoms with Crippen molar-refractivity contribution in [1.29, 1.82) is 0 Å². The van der Waals surface area contributed by atoms with Gasteiger partial charge in [0.05, 0.1) is 13.2 Å². The van der Waals surface area contributed by atoms with E-state index in [0.29, 0.717) is 18.0 Å². The van der Waals surface area contributed by atoms with E-state index in [4.69, 9.17) is 9.47 Å². The molecule has 2 fully saturated rings. The summed E-state index contributed by atoms with van der Waals surface area (Å²) >= 11 is 0. The van der Waals surface area contributed by atoms with Crippen LogP contribution in [0.3, 0.4) is 0 Å². The third kappa shape index (κ3) is 7.45. The maximum atomic E-state index is 10.3. The Morgan fingerprint density at radius 3 is 2.59 bits per heavy atom. The summed E-state index contributed by atoms with van der Waals surface area (Å²) in [6.07, 6.45) is 7.63. The SMILES string of the molecule is COc1cc(CNCC2CCCCC2)ccc1OCC(O)CN1CCC(O)CC1. The fourth-order valence-corrected chi connectivity index (χ4v) is 4.39. The van der Waals surface area contributed by atoms with Crippen molar-refractivity contribution in [3.8, 4) is 11.5 Å². The second kappa shape index (κ2) is 11.7. The van der Waals surface area contributed by atoms with Crippen LogP contribution in [0, 0.1) is 5.92 Å². The second-order valence-corrected chi connectivity index (χ2v) is 8.62. The number of methoxy groups -OCH3 is 1. The van der Waals surface area contributed by atoms with Gasteiger partial charge in [0.1, 0.15) is 12.7 Å². The fraction of sp³-hybridized carbons (Fsp3) is 0.739. The van der Waals surface area contributed by atoms with Crippen molar-refractivity contribution in [1.82, 2.24) is 10.2 Å². The minimum Gasteiger partial charge on any atom is -0.493 e. The minimum atomic E-state index is -0.563. The Balaban J connectivity index is 1.41. The first kappa shape index (κ1) is 22.3. The first-order valence-electron chi connectivity index (χ1n) is 11.2. The van der Waals surface area contributed by atoms with Crippen LogP contribution in [0.25, 0.3) is 0 Å². The summed E-state index contributed by atoms with van der Waals surface area (Å²) in [4.78, 5) is 2.18. The van der Waals surface area contributed by atoms with Crippen molar-refractivity contribution in [2.24, 2.45) is 5.92 Å². The number of nitrogens with one attached hydrogen (secondary N) is 1. The molecule has 29 heavy (non-hydrogen) atoms. The van der Waals surface area contributed by atoms with Gasteiger partial charge in [-0.3, -0.25) is 0 Å². The molecule has 1 aromatic carbocycles. The third-order valence-corrected chi connectivity index (χ3v) is 6.17. The topological polar surface area (TPSA) is 74.2 Å². The van der Waals surface area contributed by atoms with Crippen LogP contribution in [0.4, 0.5) is 0 Å². The Morgan fingerprint density at radius 2 is 1.86 bits per heavy atom. The summed E-state index contributed by atoms with van der Waals surface area (Å²) in [5.41, 5.74) is 1.18. The average Bonchev–Trinajstić information content (AvgIpc) is 2.75. The summed E-state index contributed by atoms with van der Waals surface area (Å²) in [7, 11) is 1.65. The van der Waals surface area contributed by atoms with Gasteiger partial charge in [0.15, 0.2) is 11.5 Å². The number of aliphatic hydroxyl groups excluding tert-OH is 2. The summed E-state index contributed by atoms with van der Waals surface area (Å²) < 4.78 is 11.3. The highest BCUT2D eigenvalue weighted by atomic mass is 16.5. The standard InChI is InChI=1S/C23H38N2O4/c1-28-23-13-19(15-24-14-18-5-3-2-4-6-18)7-8-22(23)29-17-21(27)16-25-11-9-20(26)10-12-25/h7-8,13,18,20-21,24,26-27H,2-6,9-12,14-17H2,1H3. The van der Waals surface area contributed by atoms with Gasteiger partial charge in [0, 0.05) is 26.2 Å². The number of aliphatic hydroxyl groups is 2. The summed E-state index contributed by atoms with van der Waals surface area (Å²) in [5.74, 6) is 2.19. The molecule has 1 atom stereocenters. The van der Waals surface area contributed by atoms with E-state index in [1.807, 2.05) is 12.1 Å². The van der Waals surface area contributed by atoms with Crippen molar-refractivity contribution in [3.63, 3.8) is 0 Å². The van der Waals surface area contributed by atoms with Gasteiger partial charge >= 0.3 is 0 Å². The first-order valence-corrected chi connectivity index (χ1v) is 11.2. The predicted octanol–water partition coefficient (Wildman–Crippen LogP) is 2.56. The highest BCUT2D eigenvalue weighted by Crippen LogP contribution is 2.28. The van der Waals surface area contributed by atoms with Gasteiger partial charge < -0.3 is 29.9 Å². The predicted molar refractivity (Wildman–Crippen MR) is 114 cm³/mol. The molecule has 1 saturated carbocycles. The highest BCUT2D eigenvalue weighted by molar-refractivity contribution is 5.43. The van der Waals surface area contributed by atoms with Crippen LogP contribution < -0.4 is 14.8 Å². The van der Waals surface area contributed by atoms with Crippen LogP contribution in [0.15, 0.2) is 18.2 Å². The number of piperidine rings is 1. The first-order chi connectivity index (χ1) is 14.1. The lowest BCUT2D eigenvalue weighted by atomic mass is 9.89. The molecule has 2 aliphatic rings. The van der Waals surface area contributed by atoms with Gasteiger partial charge in [-0.25, -0.2) is 0 Å². The zero-order chi connectivity index (χ0) is 20.5. The number of nitrogens with zero attached hydrogens (tertiary/aromatic N) is 1. The number of hydrogen-bond acceptors (Lipinski definition) is 6. The van der Waals surface area contributed by atoms with Gasteiger partial charge in [0.2, 0.25) is 0 Å². The number of benzene rings is 1. The van der Waals surface area contributed by atoms with E-state index in [-0.39, 0.29) is 12.7 Å². The van der Waals surface area contributed by atoms with Crippen LogP contribution in [-0.2, 0) is 6.54 Å². The third-order valence-electron chi connectivity index (χ3n) is 6.17. The maximum absolute atomic E-state index is 10.3. The molecule has 0 spiro atoms. The molecular formula is C23H38N2O4. The Hall–Kier alpha value is -1.34. The molecule has 0 bridgehead atoms. The number of rotatable bonds is 10. The zero-order valence-electron chi connectivity index (χ0n) is 17.8. The van der Waals surface area contributed by atoms with Crippen LogP contribution in [0.2, 0.25) is 0 Å². The van der Waals surface area contributed by atoms with Crippen LogP contribution in [0.5, 0.6) is 11.5 Å². The Morgan fingerprint density at radius 1 is 1.10 bits per heavy atom. The molecule has 1 aliphatic carbocycles. The minimum absolute atomic E-state index is 0.195. The smallest absolute Gasteiger partial charge is 0.161 e. The van der Waals surface area contributed by atoms with Crippen LogP contribution in [-0.4, -0.2) is 67.2 Å². The summed E-state index contributed by atoms with van der Waals surface area (Å²) in [5, 5.41) is 23.5. The number of β-amino-alcohol motifs (C(OH)–C–C–N with tert-alkyl or cyclic N) is 1. The fourth-order valence-electron chi connectivity index (χ4n) is 4.39. The number of likely N-dealkylation sites (tertiary alicyclic amines) is 1. The van der Waals surface area contributed by atoms with E-state index < -0.39 is 6.10 Å². The second-order valence-electron chi connectivity index (χ2n) is 8.62. The lowest BCUT2D eigenvalue weighted by Crippen LogP contribution is -2.41. The van der Waals surface area contributed by atoms with Crippen molar-refractivity contribution in [2.45, 2.75) is 63.7 Å². The molecule has 164 valence electrons. The molecule has 0 amide bonds. The summed E-state index contributed by atoms with van der Waals surface area (Å²) in [6.45, 7) is 4.36. The molecule has 1 heterocycles. The van der Waals surface area contributed by atoms with Crippen LogP contribution >= 0.6 is 0 Å². The average molecular weight is 407 g/mol. The molecule has 3 rings (SSSR count). The van der Waals surface area contributed by atoms with Gasteiger partial charge in [-0.1, -0.05) is 25.3 Å². The van der Waals surface area contributed by atoms with Crippen molar-refractivity contribution in [2.75, 3.05) is 39.9 Å². The lowest BCUT2D eigenvalue weighted by molar-refractivity contribution is 0.0333. The van der Waals surface area contributed by atoms with Gasteiger partial charge in [-0.2, -0.15) is 0 Å². The van der Waals surface area contributed by atoms with E-state index in [1.54, 1.807) is 7.11 Å². The molecule has 1 aromatic rings. The molecule has 1 unspecified atom stereocenters. The quantitative estimate of drug-likeness (QED) is 0.555. The largest absolute Gasteiger partial charge is 0.493 e. The zero-order valence-corrected chi connectivity index (χ0v) is 17.8. The maximum Gasteiger partial charge on any atom is 0.161 e. The van der Waals surface area contributed by atoms with Crippen molar-refractivity contribution in [3.05, 3.63) is 23.8 Å². The monoisotopic (exact) mass is 406 g/mol.